The van der Waals surface area contributed by atoms with Crippen LogP contribution in [0.2, 0.25) is 0 Å². The number of aromatic nitrogens is 4. The molecule has 1 aliphatic carbocycles. The Hall–Kier alpha value is -2.68. The molecule has 0 radical (unpaired) electrons. The topological polar surface area (TPSA) is 73.1 Å². The molecule has 0 spiro atoms. The highest BCUT2D eigenvalue weighted by Crippen LogP contribution is 2.55. The van der Waals surface area contributed by atoms with Gasteiger partial charge in [0.05, 0.1) is 35.8 Å². The first-order valence-electron chi connectivity index (χ1n) is 9.00. The Morgan fingerprint density at radius 3 is 2.86 bits per heavy atom. The van der Waals surface area contributed by atoms with Gasteiger partial charge in [-0.3, -0.25) is 4.68 Å². The number of hydrogen-bond donors (Lipinski definition) is 1. The monoisotopic (exact) mass is 390 g/mol. The van der Waals surface area contributed by atoms with Crippen molar-refractivity contribution < 1.29 is 23.0 Å². The van der Waals surface area contributed by atoms with E-state index in [-0.39, 0.29) is 16.7 Å². The van der Waals surface area contributed by atoms with Gasteiger partial charge < -0.3 is 9.84 Å². The van der Waals surface area contributed by atoms with Crippen LogP contribution in [0.4, 0.5) is 13.2 Å². The molecule has 1 N–H and O–H groups in total. The Bertz CT molecular complexity index is 1070. The van der Waals surface area contributed by atoms with E-state index in [1.165, 1.54) is 13.1 Å². The Labute approximate surface area is 158 Å². The van der Waals surface area contributed by atoms with Crippen molar-refractivity contribution in [3.63, 3.8) is 0 Å². The minimum absolute atomic E-state index is 0.0345. The summed E-state index contributed by atoms with van der Waals surface area (Å²) >= 11 is 0. The van der Waals surface area contributed by atoms with E-state index in [0.717, 1.165) is 25.5 Å². The van der Waals surface area contributed by atoms with E-state index in [4.69, 9.17) is 4.74 Å². The molecule has 6 nitrogen and oxygen atoms in total. The van der Waals surface area contributed by atoms with Crippen LogP contribution in [0.5, 0.6) is 5.75 Å². The van der Waals surface area contributed by atoms with Crippen molar-refractivity contribution in [2.75, 3.05) is 13.2 Å². The number of nitrogens with zero attached hydrogens (tertiary/aromatic N) is 4. The number of benzene rings is 1. The number of alkyl halides is 3. The molecule has 2 aromatic heterocycles. The van der Waals surface area contributed by atoms with Gasteiger partial charge in [-0.1, -0.05) is 0 Å². The third-order valence-corrected chi connectivity index (χ3v) is 5.78. The average molecular weight is 390 g/mol. The first-order chi connectivity index (χ1) is 13.3. The summed E-state index contributed by atoms with van der Waals surface area (Å²) in [6.07, 6.45) is 0.676. The molecule has 5 rings (SSSR count). The number of aromatic hydroxyl groups is 1. The largest absolute Gasteiger partial charge is 0.507 e. The van der Waals surface area contributed by atoms with Gasteiger partial charge in [-0.2, -0.15) is 18.3 Å². The molecule has 0 unspecified atom stereocenters. The maximum atomic E-state index is 12.9. The van der Waals surface area contributed by atoms with Crippen molar-refractivity contribution in [2.45, 2.75) is 31.5 Å². The molecule has 3 aromatic rings. The fourth-order valence-corrected chi connectivity index (χ4v) is 4.17. The van der Waals surface area contributed by atoms with Gasteiger partial charge in [-0.15, -0.1) is 0 Å². The van der Waals surface area contributed by atoms with Crippen LogP contribution in [0.3, 0.4) is 0 Å². The van der Waals surface area contributed by atoms with Crippen LogP contribution in [-0.4, -0.2) is 38.1 Å². The minimum Gasteiger partial charge on any atom is -0.507 e. The molecule has 2 aliphatic rings. The van der Waals surface area contributed by atoms with Gasteiger partial charge in [0.25, 0.3) is 0 Å². The van der Waals surface area contributed by atoms with Crippen LogP contribution in [0.15, 0.2) is 24.5 Å². The van der Waals surface area contributed by atoms with Crippen LogP contribution in [0.1, 0.15) is 24.0 Å². The van der Waals surface area contributed by atoms with E-state index in [1.54, 1.807) is 0 Å². The lowest BCUT2D eigenvalue weighted by molar-refractivity contribution is -0.137. The number of aryl methyl sites for hydroxylation is 1. The third kappa shape index (κ3) is 2.56. The molecule has 2 fully saturated rings. The molecule has 146 valence electrons. The molecular weight excluding hydrogens is 373 g/mol. The van der Waals surface area contributed by atoms with Crippen LogP contribution >= 0.6 is 0 Å². The van der Waals surface area contributed by atoms with Crippen molar-refractivity contribution in [3.05, 3.63) is 35.7 Å². The quantitative estimate of drug-likeness (QED) is 0.723. The molecule has 0 bridgehead atoms. The highest BCUT2D eigenvalue weighted by molar-refractivity contribution is 5.77. The fourth-order valence-electron chi connectivity index (χ4n) is 4.17. The van der Waals surface area contributed by atoms with Gasteiger partial charge in [-0.05, 0) is 37.5 Å². The van der Waals surface area contributed by atoms with E-state index in [1.807, 2.05) is 10.9 Å². The number of ether oxygens (including phenoxy) is 1. The minimum atomic E-state index is -4.53. The van der Waals surface area contributed by atoms with Crippen LogP contribution in [0.25, 0.3) is 22.4 Å². The first kappa shape index (κ1) is 17.4. The number of hydrogen-bond acceptors (Lipinski definition) is 5. The summed E-state index contributed by atoms with van der Waals surface area (Å²) < 4.78 is 46.3. The number of halogens is 3. The first-order valence-corrected chi connectivity index (χ1v) is 9.00. The Morgan fingerprint density at radius 1 is 1.32 bits per heavy atom. The lowest BCUT2D eigenvalue weighted by atomic mass is 10.0. The van der Waals surface area contributed by atoms with E-state index < -0.39 is 17.5 Å². The van der Waals surface area contributed by atoms with Crippen molar-refractivity contribution >= 4 is 11.2 Å². The highest BCUT2D eigenvalue weighted by atomic mass is 19.4. The highest BCUT2D eigenvalue weighted by Gasteiger charge is 2.58. The average Bonchev–Trinajstić information content (AvgIpc) is 3.23. The number of rotatable bonds is 2. The maximum Gasteiger partial charge on any atom is 0.416 e. The third-order valence-electron chi connectivity index (χ3n) is 5.78. The molecule has 1 saturated heterocycles. The summed E-state index contributed by atoms with van der Waals surface area (Å²) in [5.74, 6) is -0.0399. The molecule has 1 aliphatic heterocycles. The summed E-state index contributed by atoms with van der Waals surface area (Å²) in [5, 5.41) is 14.8. The Balaban J connectivity index is 1.56. The summed E-state index contributed by atoms with van der Waals surface area (Å²) in [5.41, 5.74) is 0.868. The second-order valence-electron chi connectivity index (χ2n) is 7.55. The summed E-state index contributed by atoms with van der Waals surface area (Å²) in [6.45, 7) is 2.92. The predicted octanol–water partition coefficient (Wildman–Crippen LogP) is 3.66. The smallest absolute Gasteiger partial charge is 0.416 e. The molecule has 0 amide bonds. The van der Waals surface area contributed by atoms with Crippen LogP contribution in [-0.2, 0) is 16.5 Å². The van der Waals surface area contributed by atoms with Crippen molar-refractivity contribution in [2.24, 2.45) is 5.92 Å². The van der Waals surface area contributed by atoms with Gasteiger partial charge in [0, 0.05) is 18.1 Å². The molecule has 2 atom stereocenters. The maximum absolute atomic E-state index is 12.9. The number of fused-ring (bicyclic) bond motifs is 2. The van der Waals surface area contributed by atoms with E-state index in [9.17, 15) is 18.3 Å². The molecule has 28 heavy (non-hydrogen) atoms. The van der Waals surface area contributed by atoms with Gasteiger partial charge >= 0.3 is 6.18 Å². The van der Waals surface area contributed by atoms with E-state index in [0.29, 0.717) is 35.4 Å². The molecule has 9 heteroatoms. The van der Waals surface area contributed by atoms with Gasteiger partial charge in [0.2, 0.25) is 0 Å². The fraction of sp³-hybridized carbons (Fsp3) is 0.421. The van der Waals surface area contributed by atoms with Crippen molar-refractivity contribution in [1.82, 2.24) is 19.7 Å². The molecule has 1 aromatic carbocycles. The van der Waals surface area contributed by atoms with Crippen molar-refractivity contribution in [3.8, 4) is 17.0 Å². The zero-order valence-corrected chi connectivity index (χ0v) is 15.0. The lowest BCUT2D eigenvalue weighted by Crippen LogP contribution is -2.28. The lowest BCUT2D eigenvalue weighted by Gasteiger charge is -2.22. The molecule has 3 heterocycles. The van der Waals surface area contributed by atoms with Gasteiger partial charge in [0.1, 0.15) is 11.3 Å². The Morgan fingerprint density at radius 2 is 2.14 bits per heavy atom. The van der Waals surface area contributed by atoms with Gasteiger partial charge in [-0.25, -0.2) is 9.97 Å². The van der Waals surface area contributed by atoms with Crippen molar-refractivity contribution in [1.29, 1.82) is 0 Å². The van der Waals surface area contributed by atoms with E-state index >= 15 is 0 Å². The number of phenolic OH excluding ortho intramolecular Hbond substituents is 1. The summed E-state index contributed by atoms with van der Waals surface area (Å²) in [6, 6.07) is 1.71. The van der Waals surface area contributed by atoms with Gasteiger partial charge in [0.15, 0.2) is 5.65 Å². The molecule has 1 saturated carbocycles. The molecular formula is C19H17F3N4O2. The predicted molar refractivity (Wildman–Crippen MR) is 93.7 cm³/mol. The van der Waals surface area contributed by atoms with E-state index in [2.05, 4.69) is 15.1 Å². The SMILES string of the molecule is Cc1cc(C(F)(F)F)cc(O)c1-c1cnc2cn([C@@]34CCOC[C@@H]3C4)nc2n1. The second kappa shape index (κ2) is 5.66. The van der Waals surface area contributed by atoms with Crippen LogP contribution < -0.4 is 0 Å². The summed E-state index contributed by atoms with van der Waals surface area (Å²) in [4.78, 5) is 8.82. The standard InChI is InChI=1S/C19H17F3N4O2/c1-10-4-11(19(20,21)22)5-15(27)16(10)13-7-23-14-8-26(25-17(14)24-13)18-2-3-28-9-12(18)6-18/h4-5,7-8,12,27H,2-3,6,9H2,1H3/t12-,18+/m0/s1. The zero-order valence-electron chi connectivity index (χ0n) is 15.0. The second-order valence-corrected chi connectivity index (χ2v) is 7.55. The zero-order chi connectivity index (χ0) is 19.7. The normalized spacial score (nSPS) is 24.4. The summed E-state index contributed by atoms with van der Waals surface area (Å²) in [7, 11) is 0. The van der Waals surface area contributed by atoms with Crippen LogP contribution in [0, 0.1) is 12.8 Å². The number of phenols is 1. The Kier molecular flexibility index (Phi) is 3.52.